The van der Waals surface area contributed by atoms with Crippen LogP contribution in [-0.4, -0.2) is 36.6 Å². The molecular formula is C16H27N3. The highest BCUT2D eigenvalue weighted by atomic mass is 15.2. The number of pyridine rings is 1. The molecule has 3 nitrogen and oxygen atoms in total. The smallest absolute Gasteiger partial charge is 0.0403 e. The monoisotopic (exact) mass is 261 g/mol. The maximum atomic E-state index is 4.50. The largest absolute Gasteiger partial charge is 0.319 e. The van der Waals surface area contributed by atoms with E-state index in [1.165, 1.54) is 37.9 Å². The maximum absolute atomic E-state index is 4.50. The Morgan fingerprint density at radius 3 is 2.89 bits per heavy atom. The van der Waals surface area contributed by atoms with E-state index in [2.05, 4.69) is 54.4 Å². The molecule has 2 heterocycles. The zero-order valence-electron chi connectivity index (χ0n) is 12.5. The molecule has 106 valence electrons. The molecule has 1 fully saturated rings. The lowest BCUT2D eigenvalue weighted by molar-refractivity contribution is 0.0922. The Morgan fingerprint density at radius 2 is 2.26 bits per heavy atom. The highest BCUT2D eigenvalue weighted by molar-refractivity contribution is 5.19. The molecule has 0 radical (unpaired) electrons. The van der Waals surface area contributed by atoms with Crippen LogP contribution in [0.3, 0.4) is 0 Å². The van der Waals surface area contributed by atoms with Gasteiger partial charge in [-0.05, 0) is 70.4 Å². The third-order valence-corrected chi connectivity index (χ3v) is 4.11. The molecule has 0 saturated carbocycles. The van der Waals surface area contributed by atoms with E-state index in [0.717, 1.165) is 12.2 Å². The Morgan fingerprint density at radius 1 is 1.42 bits per heavy atom. The molecule has 1 aromatic rings. The Hall–Kier alpha value is -0.930. The molecule has 19 heavy (non-hydrogen) atoms. The van der Waals surface area contributed by atoms with Gasteiger partial charge in [0.2, 0.25) is 0 Å². The number of aromatic nitrogens is 1. The van der Waals surface area contributed by atoms with E-state index < -0.39 is 0 Å². The second kappa shape index (κ2) is 7.01. The fourth-order valence-corrected chi connectivity index (χ4v) is 3.30. The average molecular weight is 261 g/mol. The number of piperidine rings is 1. The summed E-state index contributed by atoms with van der Waals surface area (Å²) in [5.41, 5.74) is 2.49. The summed E-state index contributed by atoms with van der Waals surface area (Å²) < 4.78 is 0. The van der Waals surface area contributed by atoms with Gasteiger partial charge < -0.3 is 5.32 Å². The van der Waals surface area contributed by atoms with Gasteiger partial charge in [0.1, 0.15) is 0 Å². The van der Waals surface area contributed by atoms with Crippen molar-refractivity contribution in [3.8, 4) is 0 Å². The molecule has 0 spiro atoms. The number of nitrogens with one attached hydrogen (secondary N) is 1. The van der Waals surface area contributed by atoms with E-state index in [9.17, 15) is 0 Å². The SMILES string of the molecule is CCCN1CCCC(CNC)C1c1ccc(C)nc1. The van der Waals surface area contributed by atoms with Crippen LogP contribution in [0.25, 0.3) is 0 Å². The molecule has 0 amide bonds. The van der Waals surface area contributed by atoms with Crippen LogP contribution in [0, 0.1) is 12.8 Å². The van der Waals surface area contributed by atoms with Gasteiger partial charge in [0.15, 0.2) is 0 Å². The van der Waals surface area contributed by atoms with Crippen molar-refractivity contribution in [3.05, 3.63) is 29.6 Å². The van der Waals surface area contributed by atoms with E-state index in [4.69, 9.17) is 0 Å². The summed E-state index contributed by atoms with van der Waals surface area (Å²) in [6.07, 6.45) is 5.94. The van der Waals surface area contributed by atoms with E-state index in [0.29, 0.717) is 12.0 Å². The number of likely N-dealkylation sites (tertiary alicyclic amines) is 1. The Labute approximate surface area is 117 Å². The number of nitrogens with zero attached hydrogens (tertiary/aromatic N) is 2. The minimum Gasteiger partial charge on any atom is -0.319 e. The summed E-state index contributed by atoms with van der Waals surface area (Å²) in [5, 5.41) is 3.36. The van der Waals surface area contributed by atoms with Gasteiger partial charge in [0.05, 0.1) is 0 Å². The molecule has 0 aromatic carbocycles. The molecule has 1 aromatic heterocycles. The van der Waals surface area contributed by atoms with Crippen LogP contribution in [0.4, 0.5) is 0 Å². The first-order chi connectivity index (χ1) is 9.26. The van der Waals surface area contributed by atoms with E-state index >= 15 is 0 Å². The Balaban J connectivity index is 2.23. The standard InChI is InChI=1S/C16H27N3/c1-4-9-19-10-5-6-14(11-17-3)16(19)15-8-7-13(2)18-12-15/h7-8,12,14,16-17H,4-6,9-11H2,1-3H3. The average Bonchev–Trinajstić information content (AvgIpc) is 2.41. The van der Waals surface area contributed by atoms with Crippen LogP contribution < -0.4 is 5.32 Å². The number of hydrogen-bond donors (Lipinski definition) is 1. The summed E-state index contributed by atoms with van der Waals surface area (Å²) in [7, 11) is 2.06. The van der Waals surface area contributed by atoms with Crippen molar-refractivity contribution in [1.29, 1.82) is 0 Å². The predicted octanol–water partition coefficient (Wildman–Crippen LogP) is 2.77. The van der Waals surface area contributed by atoms with Crippen LogP contribution in [0.2, 0.25) is 0 Å². The van der Waals surface area contributed by atoms with Gasteiger partial charge in [-0.15, -0.1) is 0 Å². The van der Waals surface area contributed by atoms with E-state index in [1.807, 2.05) is 0 Å². The molecule has 2 atom stereocenters. The van der Waals surface area contributed by atoms with Crippen LogP contribution in [-0.2, 0) is 0 Å². The van der Waals surface area contributed by atoms with Crippen molar-refractivity contribution >= 4 is 0 Å². The number of aryl methyl sites for hydroxylation is 1. The van der Waals surface area contributed by atoms with Crippen LogP contribution >= 0.6 is 0 Å². The lowest BCUT2D eigenvalue weighted by Gasteiger charge is -2.41. The fourth-order valence-electron chi connectivity index (χ4n) is 3.30. The van der Waals surface area contributed by atoms with Crippen molar-refractivity contribution < 1.29 is 0 Å². The highest BCUT2D eigenvalue weighted by Crippen LogP contribution is 2.35. The lowest BCUT2D eigenvalue weighted by Crippen LogP contribution is -2.42. The van der Waals surface area contributed by atoms with Crippen LogP contribution in [0.5, 0.6) is 0 Å². The second-order valence-corrected chi connectivity index (χ2v) is 5.67. The van der Waals surface area contributed by atoms with Crippen LogP contribution in [0.1, 0.15) is 43.5 Å². The molecule has 2 rings (SSSR count). The minimum atomic E-state index is 0.536. The van der Waals surface area contributed by atoms with Gasteiger partial charge >= 0.3 is 0 Å². The molecule has 1 N–H and O–H groups in total. The summed E-state index contributed by atoms with van der Waals surface area (Å²) >= 11 is 0. The molecule has 1 saturated heterocycles. The van der Waals surface area contributed by atoms with Crippen molar-refractivity contribution in [2.45, 2.75) is 39.2 Å². The van der Waals surface area contributed by atoms with Crippen molar-refractivity contribution in [3.63, 3.8) is 0 Å². The second-order valence-electron chi connectivity index (χ2n) is 5.67. The number of rotatable bonds is 5. The summed E-state index contributed by atoms with van der Waals surface area (Å²) in [4.78, 5) is 7.15. The zero-order chi connectivity index (χ0) is 13.7. The minimum absolute atomic E-state index is 0.536. The first-order valence-electron chi connectivity index (χ1n) is 7.57. The van der Waals surface area contributed by atoms with Gasteiger partial charge in [-0.1, -0.05) is 13.0 Å². The third-order valence-electron chi connectivity index (χ3n) is 4.11. The molecule has 2 unspecified atom stereocenters. The van der Waals surface area contributed by atoms with Gasteiger partial charge in [0, 0.05) is 17.9 Å². The molecule has 0 aliphatic carbocycles. The van der Waals surface area contributed by atoms with Crippen molar-refractivity contribution in [2.24, 2.45) is 5.92 Å². The van der Waals surface area contributed by atoms with Crippen molar-refractivity contribution in [1.82, 2.24) is 15.2 Å². The Bertz CT molecular complexity index is 356. The predicted molar refractivity (Wildman–Crippen MR) is 80.2 cm³/mol. The summed E-state index contributed by atoms with van der Waals surface area (Å²) in [6, 6.07) is 4.95. The quantitative estimate of drug-likeness (QED) is 0.883. The molecule has 3 heteroatoms. The van der Waals surface area contributed by atoms with Gasteiger partial charge in [-0.25, -0.2) is 0 Å². The summed E-state index contributed by atoms with van der Waals surface area (Å²) in [5.74, 6) is 0.704. The third kappa shape index (κ3) is 3.54. The summed E-state index contributed by atoms with van der Waals surface area (Å²) in [6.45, 7) is 7.84. The van der Waals surface area contributed by atoms with Crippen LogP contribution in [0.15, 0.2) is 18.3 Å². The lowest BCUT2D eigenvalue weighted by atomic mass is 9.85. The first kappa shape index (κ1) is 14.5. The maximum Gasteiger partial charge on any atom is 0.0403 e. The zero-order valence-corrected chi connectivity index (χ0v) is 12.5. The van der Waals surface area contributed by atoms with E-state index in [1.54, 1.807) is 0 Å². The molecule has 0 bridgehead atoms. The Kier molecular flexibility index (Phi) is 5.34. The first-order valence-corrected chi connectivity index (χ1v) is 7.57. The van der Waals surface area contributed by atoms with E-state index in [-0.39, 0.29) is 0 Å². The normalized spacial score (nSPS) is 24.6. The fraction of sp³-hybridized carbons (Fsp3) is 0.688. The topological polar surface area (TPSA) is 28.2 Å². The molecular weight excluding hydrogens is 234 g/mol. The van der Waals surface area contributed by atoms with Gasteiger partial charge in [0.25, 0.3) is 0 Å². The van der Waals surface area contributed by atoms with Gasteiger partial charge in [-0.2, -0.15) is 0 Å². The molecule has 1 aliphatic rings. The number of hydrogen-bond acceptors (Lipinski definition) is 3. The van der Waals surface area contributed by atoms with Crippen molar-refractivity contribution in [2.75, 3.05) is 26.7 Å². The highest BCUT2D eigenvalue weighted by Gasteiger charge is 2.31. The van der Waals surface area contributed by atoms with Gasteiger partial charge in [-0.3, -0.25) is 9.88 Å². The molecule has 1 aliphatic heterocycles.